The fourth-order valence-electron chi connectivity index (χ4n) is 3.12. The number of methoxy groups -OCH3 is 2. The van der Waals surface area contributed by atoms with E-state index in [1.54, 1.807) is 36.5 Å². The Balaban J connectivity index is 2.29. The van der Waals surface area contributed by atoms with Crippen molar-refractivity contribution >= 4 is 11.8 Å². The van der Waals surface area contributed by atoms with Crippen LogP contribution in [0, 0.1) is 0 Å². The van der Waals surface area contributed by atoms with E-state index in [4.69, 9.17) is 9.47 Å². The molecule has 1 aromatic carbocycles. The number of carbonyl (C=O) groups excluding carboxylic acids is 2. The summed E-state index contributed by atoms with van der Waals surface area (Å²) >= 11 is 0. The van der Waals surface area contributed by atoms with E-state index in [1.807, 2.05) is 34.6 Å². The Hall–Kier alpha value is -3.09. The van der Waals surface area contributed by atoms with Crippen LogP contribution in [0.15, 0.2) is 36.5 Å². The van der Waals surface area contributed by atoms with E-state index in [0.717, 1.165) is 5.56 Å². The van der Waals surface area contributed by atoms with E-state index >= 15 is 0 Å². The number of ether oxygens (including phenoxy) is 2. The fraction of sp³-hybridized carbons (Fsp3) is 0.435. The molecule has 0 aliphatic rings. The normalized spacial score (nSPS) is 11.6. The second-order valence-corrected chi connectivity index (χ2v) is 8.81. The minimum atomic E-state index is -0.570. The number of hydrogen-bond donors (Lipinski definition) is 2. The molecule has 162 valence electrons. The number of rotatable bonds is 7. The molecule has 0 fully saturated rings. The number of nitrogens with zero attached hydrogens (tertiary/aromatic N) is 1. The summed E-state index contributed by atoms with van der Waals surface area (Å²) in [6.07, 6.45) is 2.08. The summed E-state index contributed by atoms with van der Waals surface area (Å²) in [4.78, 5) is 29.4. The first kappa shape index (κ1) is 23.2. The molecule has 0 aliphatic heterocycles. The van der Waals surface area contributed by atoms with Gasteiger partial charge in [-0.25, -0.2) is 0 Å². The highest BCUT2D eigenvalue weighted by molar-refractivity contribution is 6.00. The van der Waals surface area contributed by atoms with Gasteiger partial charge in [0, 0.05) is 17.3 Å². The molecule has 2 N–H and O–H groups in total. The lowest BCUT2D eigenvalue weighted by atomic mass is 9.93. The van der Waals surface area contributed by atoms with Gasteiger partial charge in [-0.15, -0.1) is 0 Å². The molecular weight excluding hydrogens is 382 g/mol. The zero-order valence-corrected chi connectivity index (χ0v) is 18.8. The molecule has 0 saturated carbocycles. The van der Waals surface area contributed by atoms with Gasteiger partial charge in [-0.2, -0.15) is 0 Å². The molecule has 0 atom stereocenters. The van der Waals surface area contributed by atoms with Crippen molar-refractivity contribution in [3.8, 4) is 11.5 Å². The largest absolute Gasteiger partial charge is 0.496 e. The van der Waals surface area contributed by atoms with Gasteiger partial charge in [-0.05, 0) is 70.9 Å². The second kappa shape index (κ2) is 9.15. The average Bonchev–Trinajstić information content (AvgIpc) is 2.65. The Morgan fingerprint density at radius 2 is 1.53 bits per heavy atom. The van der Waals surface area contributed by atoms with Gasteiger partial charge < -0.3 is 20.1 Å². The van der Waals surface area contributed by atoms with Crippen LogP contribution in [0.25, 0.3) is 0 Å². The van der Waals surface area contributed by atoms with Crippen molar-refractivity contribution in [1.29, 1.82) is 0 Å². The van der Waals surface area contributed by atoms with Gasteiger partial charge in [0.05, 0.1) is 14.2 Å². The SMILES string of the molecule is COc1cc(CC(C)(C)NC(=O)c2ccccn2)cc(OC)c1C(=O)NC(C)(C)C. The average molecular weight is 414 g/mol. The van der Waals surface area contributed by atoms with Gasteiger partial charge in [0.1, 0.15) is 22.8 Å². The van der Waals surface area contributed by atoms with Crippen LogP contribution in [0.3, 0.4) is 0 Å². The van der Waals surface area contributed by atoms with E-state index in [2.05, 4.69) is 15.6 Å². The highest BCUT2D eigenvalue weighted by atomic mass is 16.5. The molecule has 1 aromatic heterocycles. The zero-order valence-electron chi connectivity index (χ0n) is 18.8. The van der Waals surface area contributed by atoms with Crippen LogP contribution < -0.4 is 20.1 Å². The quantitative estimate of drug-likeness (QED) is 0.726. The molecule has 1 heterocycles. The maximum atomic E-state index is 12.8. The number of carbonyl (C=O) groups is 2. The van der Waals surface area contributed by atoms with E-state index in [9.17, 15) is 9.59 Å². The van der Waals surface area contributed by atoms with E-state index in [0.29, 0.717) is 29.2 Å². The van der Waals surface area contributed by atoms with Gasteiger partial charge >= 0.3 is 0 Å². The second-order valence-electron chi connectivity index (χ2n) is 8.81. The molecule has 0 radical (unpaired) electrons. The molecule has 7 heteroatoms. The molecular formula is C23H31N3O4. The molecule has 7 nitrogen and oxygen atoms in total. The summed E-state index contributed by atoms with van der Waals surface area (Å²) in [5, 5.41) is 5.94. The lowest BCUT2D eigenvalue weighted by molar-refractivity contribution is 0.0902. The van der Waals surface area contributed by atoms with Crippen molar-refractivity contribution in [2.24, 2.45) is 0 Å². The van der Waals surface area contributed by atoms with Gasteiger partial charge in [0.2, 0.25) is 0 Å². The van der Waals surface area contributed by atoms with Crippen molar-refractivity contribution in [1.82, 2.24) is 15.6 Å². The maximum absolute atomic E-state index is 12.8. The monoisotopic (exact) mass is 413 g/mol. The third kappa shape index (κ3) is 6.20. The number of pyridine rings is 1. The number of nitrogens with one attached hydrogen (secondary N) is 2. The first-order valence-corrected chi connectivity index (χ1v) is 9.77. The first-order chi connectivity index (χ1) is 14.0. The number of amides is 2. The molecule has 0 bridgehead atoms. The third-order valence-electron chi connectivity index (χ3n) is 4.28. The topological polar surface area (TPSA) is 89.6 Å². The van der Waals surface area contributed by atoms with E-state index in [1.165, 1.54) is 14.2 Å². The summed E-state index contributed by atoms with van der Waals surface area (Å²) in [7, 11) is 3.03. The predicted octanol–water partition coefficient (Wildman–Crippen LogP) is 3.38. The predicted molar refractivity (Wildman–Crippen MR) is 116 cm³/mol. The van der Waals surface area contributed by atoms with Crippen molar-refractivity contribution in [2.75, 3.05) is 14.2 Å². The van der Waals surface area contributed by atoms with Crippen molar-refractivity contribution in [3.05, 3.63) is 53.3 Å². The number of hydrogen-bond acceptors (Lipinski definition) is 5. The number of benzene rings is 1. The molecule has 0 unspecified atom stereocenters. The Morgan fingerprint density at radius 3 is 2.00 bits per heavy atom. The summed E-state index contributed by atoms with van der Waals surface area (Å²) in [6, 6.07) is 8.80. The summed E-state index contributed by atoms with van der Waals surface area (Å²) in [5.74, 6) is 0.307. The van der Waals surface area contributed by atoms with Gasteiger partial charge in [0.25, 0.3) is 11.8 Å². The lowest BCUT2D eigenvalue weighted by Gasteiger charge is -2.27. The van der Waals surface area contributed by atoms with E-state index < -0.39 is 11.1 Å². The molecule has 2 amide bonds. The summed E-state index contributed by atoms with van der Waals surface area (Å²) < 4.78 is 11.0. The van der Waals surface area contributed by atoms with Crippen LogP contribution in [0.1, 0.15) is 61.0 Å². The highest BCUT2D eigenvalue weighted by Crippen LogP contribution is 2.32. The standard InChI is InChI=1S/C23H31N3O4/c1-22(2,3)25-21(28)19-17(29-6)12-15(13-18(19)30-7)14-23(4,5)26-20(27)16-10-8-9-11-24-16/h8-13H,14H2,1-7H3,(H,25,28)(H,26,27). The minimum Gasteiger partial charge on any atom is -0.496 e. The molecule has 0 saturated heterocycles. The maximum Gasteiger partial charge on any atom is 0.270 e. The molecule has 2 aromatic rings. The van der Waals surface area contributed by atoms with Crippen LogP contribution in [0.5, 0.6) is 11.5 Å². The number of aromatic nitrogens is 1. The summed E-state index contributed by atoms with van der Waals surface area (Å²) in [6.45, 7) is 9.57. The Morgan fingerprint density at radius 1 is 0.933 bits per heavy atom. The fourth-order valence-corrected chi connectivity index (χ4v) is 3.12. The van der Waals surface area contributed by atoms with Gasteiger partial charge in [0.15, 0.2) is 0 Å². The highest BCUT2D eigenvalue weighted by Gasteiger charge is 2.27. The zero-order chi connectivity index (χ0) is 22.5. The van der Waals surface area contributed by atoms with Gasteiger partial charge in [-0.3, -0.25) is 14.6 Å². The molecule has 0 spiro atoms. The van der Waals surface area contributed by atoms with Crippen LogP contribution in [-0.4, -0.2) is 42.1 Å². The Bertz CT molecular complexity index is 877. The molecule has 0 aliphatic carbocycles. The smallest absolute Gasteiger partial charge is 0.270 e. The molecule has 2 rings (SSSR count). The van der Waals surface area contributed by atoms with Crippen molar-refractivity contribution in [3.63, 3.8) is 0 Å². The molecule has 30 heavy (non-hydrogen) atoms. The van der Waals surface area contributed by atoms with Crippen molar-refractivity contribution < 1.29 is 19.1 Å². The Kier molecular flexibility index (Phi) is 7.08. The van der Waals surface area contributed by atoms with Crippen LogP contribution in [0.2, 0.25) is 0 Å². The third-order valence-corrected chi connectivity index (χ3v) is 4.28. The van der Waals surface area contributed by atoms with E-state index in [-0.39, 0.29) is 11.8 Å². The minimum absolute atomic E-state index is 0.249. The lowest BCUT2D eigenvalue weighted by Crippen LogP contribution is -2.45. The first-order valence-electron chi connectivity index (χ1n) is 9.77. The summed E-state index contributed by atoms with van der Waals surface area (Å²) in [5.41, 5.74) is 0.592. The Labute approximate surface area is 178 Å². The van der Waals surface area contributed by atoms with Gasteiger partial charge in [-0.1, -0.05) is 6.07 Å². The van der Waals surface area contributed by atoms with Crippen LogP contribution in [-0.2, 0) is 6.42 Å². The van der Waals surface area contributed by atoms with Crippen LogP contribution in [0.4, 0.5) is 0 Å². The van der Waals surface area contributed by atoms with Crippen LogP contribution >= 0.6 is 0 Å². The van der Waals surface area contributed by atoms with Crippen molar-refractivity contribution in [2.45, 2.75) is 52.1 Å².